The molecule has 0 saturated carbocycles. The van der Waals surface area contributed by atoms with Gasteiger partial charge in [-0.2, -0.15) is 0 Å². The van der Waals surface area contributed by atoms with Crippen molar-refractivity contribution < 1.29 is 9.53 Å². The zero-order chi connectivity index (χ0) is 12.5. The molecule has 1 aromatic carbocycles. The van der Waals surface area contributed by atoms with Gasteiger partial charge in [-0.1, -0.05) is 38.1 Å². The van der Waals surface area contributed by atoms with E-state index in [4.69, 9.17) is 4.74 Å². The predicted molar refractivity (Wildman–Crippen MR) is 70.0 cm³/mol. The molecule has 0 heterocycles. The van der Waals surface area contributed by atoms with Crippen LogP contribution in [0.1, 0.15) is 39.0 Å². The van der Waals surface area contributed by atoms with Gasteiger partial charge in [0.25, 0.3) is 0 Å². The molecule has 1 rings (SSSR count). The van der Waals surface area contributed by atoms with Crippen LogP contribution in [0.25, 0.3) is 0 Å². The number of unbranched alkanes of at least 4 members (excludes halogenated alkanes) is 1. The first kappa shape index (κ1) is 13.5. The van der Waals surface area contributed by atoms with Crippen molar-refractivity contribution >= 4 is 5.78 Å². The number of para-hydroxylation sites is 1. The maximum absolute atomic E-state index is 11.5. The lowest BCUT2D eigenvalue weighted by molar-refractivity contribution is -0.119. The van der Waals surface area contributed by atoms with Crippen molar-refractivity contribution in [1.82, 2.24) is 0 Å². The molecule has 2 nitrogen and oxygen atoms in total. The van der Waals surface area contributed by atoms with Crippen LogP contribution >= 0.6 is 0 Å². The SMILES string of the molecule is C=C(CCC(=O)CCCC)Oc1ccccc1. The second-order valence-corrected chi connectivity index (χ2v) is 4.10. The highest BCUT2D eigenvalue weighted by molar-refractivity contribution is 5.78. The van der Waals surface area contributed by atoms with E-state index >= 15 is 0 Å². The van der Waals surface area contributed by atoms with Gasteiger partial charge in [-0.05, 0) is 18.6 Å². The maximum atomic E-state index is 11.5. The third-order valence-electron chi connectivity index (χ3n) is 2.50. The molecule has 0 unspecified atom stereocenters. The Labute approximate surface area is 103 Å². The lowest BCUT2D eigenvalue weighted by Gasteiger charge is -2.07. The second-order valence-electron chi connectivity index (χ2n) is 4.10. The fraction of sp³-hybridized carbons (Fsp3) is 0.400. The van der Waals surface area contributed by atoms with Crippen molar-refractivity contribution in [1.29, 1.82) is 0 Å². The van der Waals surface area contributed by atoms with Crippen LogP contribution in [-0.2, 0) is 4.79 Å². The summed E-state index contributed by atoms with van der Waals surface area (Å²) >= 11 is 0. The van der Waals surface area contributed by atoms with Crippen molar-refractivity contribution in [3.63, 3.8) is 0 Å². The summed E-state index contributed by atoms with van der Waals surface area (Å²) in [6.07, 6.45) is 3.86. The molecule has 92 valence electrons. The van der Waals surface area contributed by atoms with Crippen LogP contribution in [0.2, 0.25) is 0 Å². The van der Waals surface area contributed by atoms with Gasteiger partial charge in [-0.3, -0.25) is 4.79 Å². The van der Waals surface area contributed by atoms with Gasteiger partial charge in [0.1, 0.15) is 11.5 Å². The van der Waals surface area contributed by atoms with Crippen LogP contribution in [0.3, 0.4) is 0 Å². The number of benzene rings is 1. The van der Waals surface area contributed by atoms with E-state index in [1.54, 1.807) is 0 Å². The molecule has 1 aromatic rings. The molecule has 0 N–H and O–H groups in total. The van der Waals surface area contributed by atoms with Crippen LogP contribution < -0.4 is 4.74 Å². The highest BCUT2D eigenvalue weighted by Gasteiger charge is 2.04. The number of allylic oxidation sites excluding steroid dienone is 1. The first-order valence-electron chi connectivity index (χ1n) is 6.14. The van der Waals surface area contributed by atoms with E-state index in [9.17, 15) is 4.79 Å². The Morgan fingerprint density at radius 1 is 1.18 bits per heavy atom. The average Bonchev–Trinajstić information content (AvgIpc) is 2.35. The third-order valence-corrected chi connectivity index (χ3v) is 2.50. The monoisotopic (exact) mass is 232 g/mol. The fourth-order valence-electron chi connectivity index (χ4n) is 1.48. The van der Waals surface area contributed by atoms with Gasteiger partial charge in [0.05, 0.1) is 5.76 Å². The number of hydrogen-bond donors (Lipinski definition) is 0. The van der Waals surface area contributed by atoms with E-state index in [0.717, 1.165) is 18.6 Å². The molecule has 2 heteroatoms. The van der Waals surface area contributed by atoms with Crippen molar-refractivity contribution in [3.8, 4) is 5.75 Å². The van der Waals surface area contributed by atoms with E-state index < -0.39 is 0 Å². The van der Waals surface area contributed by atoms with E-state index in [0.29, 0.717) is 30.8 Å². The molecule has 0 bridgehead atoms. The minimum absolute atomic E-state index is 0.296. The summed E-state index contributed by atoms with van der Waals surface area (Å²) in [6, 6.07) is 9.52. The molecule has 0 amide bonds. The quantitative estimate of drug-likeness (QED) is 0.630. The molecular formula is C15H20O2. The van der Waals surface area contributed by atoms with Gasteiger partial charge in [0, 0.05) is 19.3 Å². The zero-order valence-corrected chi connectivity index (χ0v) is 10.4. The molecule has 0 spiro atoms. The van der Waals surface area contributed by atoms with E-state index in [1.165, 1.54) is 0 Å². The molecule has 0 aromatic heterocycles. The Hall–Kier alpha value is -1.57. The van der Waals surface area contributed by atoms with Crippen molar-refractivity contribution in [2.24, 2.45) is 0 Å². The first-order valence-corrected chi connectivity index (χ1v) is 6.14. The highest BCUT2D eigenvalue weighted by atomic mass is 16.5. The number of Topliss-reactive ketones (excluding diaryl/α,β-unsaturated/α-hetero) is 1. The minimum Gasteiger partial charge on any atom is -0.462 e. The molecule has 0 radical (unpaired) electrons. The van der Waals surface area contributed by atoms with Gasteiger partial charge >= 0.3 is 0 Å². The van der Waals surface area contributed by atoms with Gasteiger partial charge in [0.2, 0.25) is 0 Å². The zero-order valence-electron chi connectivity index (χ0n) is 10.4. The van der Waals surface area contributed by atoms with Crippen LogP contribution in [0.4, 0.5) is 0 Å². The lowest BCUT2D eigenvalue weighted by atomic mass is 10.1. The van der Waals surface area contributed by atoms with E-state index in [2.05, 4.69) is 13.5 Å². The summed E-state index contributed by atoms with van der Waals surface area (Å²) in [7, 11) is 0. The van der Waals surface area contributed by atoms with Crippen LogP contribution in [0.5, 0.6) is 5.75 Å². The second kappa shape index (κ2) is 7.66. The number of hydrogen-bond acceptors (Lipinski definition) is 2. The Kier molecular flexibility index (Phi) is 6.08. The van der Waals surface area contributed by atoms with Crippen molar-refractivity contribution in [2.75, 3.05) is 0 Å². The van der Waals surface area contributed by atoms with Crippen LogP contribution in [0.15, 0.2) is 42.7 Å². The van der Waals surface area contributed by atoms with Crippen molar-refractivity contribution in [3.05, 3.63) is 42.7 Å². The molecule has 17 heavy (non-hydrogen) atoms. The Morgan fingerprint density at radius 2 is 1.88 bits per heavy atom. The largest absolute Gasteiger partial charge is 0.462 e. The van der Waals surface area contributed by atoms with Crippen LogP contribution in [-0.4, -0.2) is 5.78 Å². The van der Waals surface area contributed by atoms with Crippen molar-refractivity contribution in [2.45, 2.75) is 39.0 Å². The molecule has 0 aliphatic heterocycles. The summed E-state index contributed by atoms with van der Waals surface area (Å²) in [5.74, 6) is 1.73. The summed E-state index contributed by atoms with van der Waals surface area (Å²) < 4.78 is 5.52. The normalized spacial score (nSPS) is 9.94. The molecule has 0 aliphatic rings. The lowest BCUT2D eigenvalue weighted by Crippen LogP contribution is -2.01. The standard InChI is InChI=1S/C15H20O2/c1-3-4-8-14(16)12-11-13(2)17-15-9-6-5-7-10-15/h5-7,9-10H,2-4,8,11-12H2,1H3. The number of carbonyl (C=O) groups excluding carboxylic acids is 1. The van der Waals surface area contributed by atoms with Gasteiger partial charge < -0.3 is 4.74 Å². The van der Waals surface area contributed by atoms with Gasteiger partial charge in [0.15, 0.2) is 0 Å². The van der Waals surface area contributed by atoms with E-state index in [1.807, 2.05) is 30.3 Å². The fourth-order valence-corrected chi connectivity index (χ4v) is 1.48. The Morgan fingerprint density at radius 3 is 2.53 bits per heavy atom. The first-order chi connectivity index (χ1) is 8.22. The topological polar surface area (TPSA) is 26.3 Å². The smallest absolute Gasteiger partial charge is 0.133 e. The van der Waals surface area contributed by atoms with E-state index in [-0.39, 0.29) is 0 Å². The number of carbonyl (C=O) groups is 1. The van der Waals surface area contributed by atoms with Gasteiger partial charge in [-0.15, -0.1) is 0 Å². The highest BCUT2D eigenvalue weighted by Crippen LogP contribution is 2.15. The third kappa shape index (κ3) is 5.91. The minimum atomic E-state index is 0.296. The molecule has 0 fully saturated rings. The maximum Gasteiger partial charge on any atom is 0.133 e. The number of rotatable bonds is 8. The summed E-state index contributed by atoms with van der Waals surface area (Å²) in [6.45, 7) is 5.92. The summed E-state index contributed by atoms with van der Waals surface area (Å²) in [5, 5.41) is 0. The number of ketones is 1. The molecule has 0 aliphatic carbocycles. The predicted octanol–water partition coefficient (Wildman–Crippen LogP) is 4.12. The van der Waals surface area contributed by atoms with Crippen LogP contribution in [0, 0.1) is 0 Å². The Bertz CT molecular complexity index is 354. The van der Waals surface area contributed by atoms with Gasteiger partial charge in [-0.25, -0.2) is 0 Å². The average molecular weight is 232 g/mol. The number of ether oxygens (including phenoxy) is 1. The molecule has 0 atom stereocenters. The summed E-state index contributed by atoms with van der Waals surface area (Å²) in [4.78, 5) is 11.5. The Balaban J connectivity index is 2.24. The summed E-state index contributed by atoms with van der Waals surface area (Å²) in [5.41, 5.74) is 0. The molecule has 0 saturated heterocycles. The molecular weight excluding hydrogens is 212 g/mol.